The van der Waals surface area contributed by atoms with Crippen molar-refractivity contribution in [2.75, 3.05) is 5.73 Å². The van der Waals surface area contributed by atoms with Crippen LogP contribution in [0.3, 0.4) is 0 Å². The van der Waals surface area contributed by atoms with Gasteiger partial charge in [0.15, 0.2) is 0 Å². The number of rotatable bonds is 3. The molecule has 1 fully saturated rings. The first-order valence-corrected chi connectivity index (χ1v) is 11.5. The van der Waals surface area contributed by atoms with Gasteiger partial charge in [0.25, 0.3) is 0 Å². The number of nitrogens with two attached hydrogens (primary N) is 1. The Kier molecular flexibility index (Phi) is 4.66. The zero-order chi connectivity index (χ0) is 18.6. The minimum absolute atomic E-state index is 0.102. The third kappa shape index (κ3) is 3.51. The third-order valence-electron chi connectivity index (χ3n) is 5.72. The maximum absolute atomic E-state index is 6.53. The van der Waals surface area contributed by atoms with Crippen LogP contribution in [0.25, 0.3) is 0 Å². The summed E-state index contributed by atoms with van der Waals surface area (Å²) >= 11 is 0. The maximum atomic E-state index is 6.53. The number of nitrogen functional groups attached to an aromatic ring is 1. The van der Waals surface area contributed by atoms with E-state index >= 15 is 0 Å². The zero-order valence-electron chi connectivity index (χ0n) is 16.6. The normalized spacial score (nSPS) is 20.3. The standard InChI is InChI=1S/C18H32BNO3Si/c1-16(2,3)24(8,9)21-15-12-13(20)10-11-14(15)19-22-17(4,5)18(6,7)23-19/h10-12H,20H2,1-9H3. The second-order valence-electron chi connectivity index (χ2n) is 9.25. The molecular weight excluding hydrogens is 317 g/mol. The Bertz CT molecular complexity index is 607. The molecule has 6 heteroatoms. The molecule has 1 heterocycles. The van der Waals surface area contributed by atoms with Crippen molar-refractivity contribution < 1.29 is 13.7 Å². The summed E-state index contributed by atoms with van der Waals surface area (Å²) in [7, 11) is -2.44. The lowest BCUT2D eigenvalue weighted by Gasteiger charge is -2.37. The molecular formula is C18H32BNO3Si. The minimum Gasteiger partial charge on any atom is -0.544 e. The highest BCUT2D eigenvalue weighted by Crippen LogP contribution is 2.40. The van der Waals surface area contributed by atoms with E-state index in [-0.39, 0.29) is 16.2 Å². The SMILES string of the molecule is CC1(C)OB(c2ccc(N)cc2O[Si](C)(C)C(C)(C)C)OC1(C)C. The fraction of sp³-hybridized carbons (Fsp3) is 0.667. The molecule has 1 aliphatic heterocycles. The average Bonchev–Trinajstić information content (AvgIpc) is 2.56. The molecule has 0 spiro atoms. The molecule has 0 saturated carbocycles. The van der Waals surface area contributed by atoms with Crippen molar-refractivity contribution in [3.05, 3.63) is 18.2 Å². The Morgan fingerprint density at radius 2 is 1.54 bits per heavy atom. The summed E-state index contributed by atoms with van der Waals surface area (Å²) in [5, 5.41) is 0.102. The van der Waals surface area contributed by atoms with Gasteiger partial charge in [-0.2, -0.15) is 0 Å². The average molecular weight is 349 g/mol. The number of hydrogen-bond acceptors (Lipinski definition) is 4. The highest BCUT2D eigenvalue weighted by Gasteiger charge is 2.52. The smallest absolute Gasteiger partial charge is 0.498 e. The van der Waals surface area contributed by atoms with Crippen molar-refractivity contribution in [1.29, 1.82) is 0 Å². The molecule has 2 rings (SSSR count). The lowest BCUT2D eigenvalue weighted by atomic mass is 9.78. The largest absolute Gasteiger partial charge is 0.544 e. The van der Waals surface area contributed by atoms with E-state index in [4.69, 9.17) is 19.5 Å². The van der Waals surface area contributed by atoms with Gasteiger partial charge in [0.1, 0.15) is 5.75 Å². The van der Waals surface area contributed by atoms with Gasteiger partial charge in [-0.3, -0.25) is 0 Å². The lowest BCUT2D eigenvalue weighted by Crippen LogP contribution is -2.46. The van der Waals surface area contributed by atoms with E-state index < -0.39 is 15.4 Å². The molecule has 0 aromatic heterocycles. The van der Waals surface area contributed by atoms with E-state index in [1.54, 1.807) is 0 Å². The topological polar surface area (TPSA) is 53.7 Å². The predicted octanol–water partition coefficient (Wildman–Crippen LogP) is 3.95. The molecule has 1 aliphatic rings. The fourth-order valence-corrected chi connectivity index (χ4v) is 3.26. The molecule has 0 radical (unpaired) electrons. The summed E-state index contributed by atoms with van der Waals surface area (Å²) in [6.07, 6.45) is 0. The molecule has 0 amide bonds. The Hall–Kier alpha value is -0.978. The molecule has 4 nitrogen and oxygen atoms in total. The molecule has 0 atom stereocenters. The van der Waals surface area contributed by atoms with Gasteiger partial charge in [0, 0.05) is 17.2 Å². The van der Waals surface area contributed by atoms with E-state index in [1.165, 1.54) is 0 Å². The summed E-state index contributed by atoms with van der Waals surface area (Å²) in [5.41, 5.74) is 6.85. The molecule has 1 saturated heterocycles. The Balaban J connectivity index is 2.40. The van der Waals surface area contributed by atoms with E-state index in [9.17, 15) is 0 Å². The minimum atomic E-state index is -1.99. The molecule has 134 valence electrons. The van der Waals surface area contributed by atoms with Crippen LogP contribution in [0.15, 0.2) is 18.2 Å². The molecule has 1 aromatic carbocycles. The summed E-state index contributed by atoms with van der Waals surface area (Å²) in [6, 6.07) is 5.72. The van der Waals surface area contributed by atoms with Gasteiger partial charge in [0.2, 0.25) is 8.32 Å². The van der Waals surface area contributed by atoms with Gasteiger partial charge in [-0.15, -0.1) is 0 Å². The van der Waals surface area contributed by atoms with E-state index in [0.717, 1.165) is 11.2 Å². The molecule has 24 heavy (non-hydrogen) atoms. The Labute approximate surface area is 148 Å². The van der Waals surface area contributed by atoms with Crippen molar-refractivity contribution in [3.63, 3.8) is 0 Å². The van der Waals surface area contributed by atoms with Crippen molar-refractivity contribution >= 4 is 26.6 Å². The van der Waals surface area contributed by atoms with E-state index in [2.05, 4.69) is 61.6 Å². The van der Waals surface area contributed by atoms with Crippen LogP contribution in [-0.2, 0) is 9.31 Å². The summed E-state index contributed by atoms with van der Waals surface area (Å²) in [6.45, 7) is 19.3. The van der Waals surface area contributed by atoms with Gasteiger partial charge in [-0.1, -0.05) is 26.8 Å². The monoisotopic (exact) mass is 349 g/mol. The second kappa shape index (κ2) is 5.78. The van der Waals surface area contributed by atoms with Gasteiger partial charge >= 0.3 is 7.12 Å². The molecule has 0 unspecified atom stereocenters. The molecule has 1 aromatic rings. The van der Waals surface area contributed by atoms with Crippen LogP contribution in [-0.4, -0.2) is 26.6 Å². The quantitative estimate of drug-likeness (QED) is 0.663. The number of anilines is 1. The van der Waals surface area contributed by atoms with Crippen LogP contribution < -0.4 is 15.6 Å². The maximum Gasteiger partial charge on any atom is 0.498 e. The van der Waals surface area contributed by atoms with Crippen molar-refractivity contribution in [1.82, 2.24) is 0 Å². The number of benzene rings is 1. The zero-order valence-corrected chi connectivity index (χ0v) is 17.6. The molecule has 0 bridgehead atoms. The van der Waals surface area contributed by atoms with Crippen LogP contribution in [0.2, 0.25) is 18.1 Å². The highest BCUT2D eigenvalue weighted by molar-refractivity contribution is 6.75. The number of hydrogen-bond donors (Lipinski definition) is 1. The van der Waals surface area contributed by atoms with Crippen molar-refractivity contribution in [3.8, 4) is 5.75 Å². The van der Waals surface area contributed by atoms with E-state index in [1.807, 2.05) is 18.2 Å². The van der Waals surface area contributed by atoms with Gasteiger partial charge in [-0.05, 0) is 51.9 Å². The van der Waals surface area contributed by atoms with E-state index in [0.29, 0.717) is 5.69 Å². The fourth-order valence-electron chi connectivity index (χ4n) is 2.23. The summed E-state index contributed by atoms with van der Waals surface area (Å²) in [5.74, 6) is 0.778. The molecule has 0 aliphatic carbocycles. The van der Waals surface area contributed by atoms with Gasteiger partial charge in [0.05, 0.1) is 11.2 Å². The first-order valence-electron chi connectivity index (χ1n) is 8.60. The van der Waals surface area contributed by atoms with Crippen molar-refractivity contribution in [2.45, 2.75) is 77.8 Å². The van der Waals surface area contributed by atoms with Gasteiger partial charge < -0.3 is 19.5 Å². The first kappa shape index (κ1) is 19.3. The summed E-state index contributed by atoms with van der Waals surface area (Å²) < 4.78 is 18.9. The summed E-state index contributed by atoms with van der Waals surface area (Å²) in [4.78, 5) is 0. The van der Waals surface area contributed by atoms with Crippen molar-refractivity contribution in [2.24, 2.45) is 0 Å². The van der Waals surface area contributed by atoms with Crippen LogP contribution in [0.4, 0.5) is 5.69 Å². The second-order valence-corrected chi connectivity index (χ2v) is 14.0. The Morgan fingerprint density at radius 1 is 1.04 bits per heavy atom. The third-order valence-corrected chi connectivity index (χ3v) is 10.1. The van der Waals surface area contributed by atoms with Crippen LogP contribution >= 0.6 is 0 Å². The lowest BCUT2D eigenvalue weighted by molar-refractivity contribution is 0.00578. The molecule has 2 N–H and O–H groups in total. The first-order chi connectivity index (χ1) is 10.7. The van der Waals surface area contributed by atoms with Gasteiger partial charge in [-0.25, -0.2) is 0 Å². The van der Waals surface area contributed by atoms with Crippen LogP contribution in [0.5, 0.6) is 5.75 Å². The van der Waals surface area contributed by atoms with Crippen LogP contribution in [0.1, 0.15) is 48.5 Å². The Morgan fingerprint density at radius 3 is 2.00 bits per heavy atom. The predicted molar refractivity (Wildman–Crippen MR) is 104 cm³/mol. The highest BCUT2D eigenvalue weighted by atomic mass is 28.4. The van der Waals surface area contributed by atoms with Crippen LogP contribution in [0, 0.1) is 0 Å².